The molecular formula is C20H22N4OS. The van der Waals surface area contributed by atoms with Crippen LogP contribution in [-0.4, -0.2) is 34.2 Å². The molecule has 0 spiro atoms. The molecule has 4 heterocycles. The molecule has 5 rings (SSSR count). The molecule has 1 N–H and O–H groups in total. The van der Waals surface area contributed by atoms with Crippen LogP contribution in [0.1, 0.15) is 28.8 Å². The van der Waals surface area contributed by atoms with E-state index in [4.69, 9.17) is 4.74 Å². The lowest BCUT2D eigenvalue weighted by Crippen LogP contribution is -2.29. The third-order valence-corrected chi connectivity index (χ3v) is 6.72. The second-order valence-electron chi connectivity index (χ2n) is 7.22. The lowest BCUT2D eigenvalue weighted by atomic mass is 9.94. The highest BCUT2D eigenvalue weighted by atomic mass is 32.1. The number of nitrogens with one attached hydrogen (secondary N) is 1. The molecule has 2 aliphatic rings. The molecule has 5 nitrogen and oxygen atoms in total. The molecule has 1 aliphatic heterocycles. The molecule has 134 valence electrons. The molecule has 26 heavy (non-hydrogen) atoms. The second-order valence-corrected chi connectivity index (χ2v) is 8.30. The van der Waals surface area contributed by atoms with Crippen molar-refractivity contribution in [3.05, 3.63) is 46.9 Å². The first kappa shape index (κ1) is 16.1. The van der Waals surface area contributed by atoms with Crippen molar-refractivity contribution in [2.45, 2.75) is 38.1 Å². The topological polar surface area (TPSA) is 59.9 Å². The van der Waals surface area contributed by atoms with Crippen molar-refractivity contribution in [2.24, 2.45) is 5.92 Å². The number of ether oxygens (including phenoxy) is 1. The first-order valence-electron chi connectivity index (χ1n) is 9.37. The summed E-state index contributed by atoms with van der Waals surface area (Å²) in [6.45, 7) is 1.52. The molecule has 6 heteroatoms. The van der Waals surface area contributed by atoms with Gasteiger partial charge >= 0.3 is 0 Å². The van der Waals surface area contributed by atoms with Crippen LogP contribution < -0.4 is 5.32 Å². The number of aromatic nitrogens is 3. The first-order chi connectivity index (χ1) is 12.9. The predicted octanol–water partition coefficient (Wildman–Crippen LogP) is 3.63. The number of pyridine rings is 1. The van der Waals surface area contributed by atoms with Crippen LogP contribution in [0.25, 0.3) is 10.2 Å². The van der Waals surface area contributed by atoms with Gasteiger partial charge in [0, 0.05) is 23.2 Å². The zero-order valence-electron chi connectivity index (χ0n) is 14.6. The van der Waals surface area contributed by atoms with Crippen LogP contribution in [0.3, 0.4) is 0 Å². The van der Waals surface area contributed by atoms with Gasteiger partial charge in [0.25, 0.3) is 0 Å². The fourth-order valence-corrected chi connectivity index (χ4v) is 5.39. The Hall–Kier alpha value is -2.05. The molecule has 0 bridgehead atoms. The maximum Gasteiger partial charge on any atom is 0.138 e. The van der Waals surface area contributed by atoms with E-state index in [-0.39, 0.29) is 6.04 Å². The van der Waals surface area contributed by atoms with Crippen molar-refractivity contribution in [1.29, 1.82) is 0 Å². The highest BCUT2D eigenvalue weighted by molar-refractivity contribution is 7.19. The Balaban J connectivity index is 1.42. The average molecular weight is 366 g/mol. The van der Waals surface area contributed by atoms with E-state index in [0.29, 0.717) is 5.92 Å². The Kier molecular flexibility index (Phi) is 4.30. The average Bonchev–Trinajstić information content (AvgIpc) is 3.27. The summed E-state index contributed by atoms with van der Waals surface area (Å²) in [6.07, 6.45) is 11.3. The number of fused-ring (bicyclic) bond motifs is 3. The van der Waals surface area contributed by atoms with Gasteiger partial charge in [0.2, 0.25) is 0 Å². The molecule has 0 unspecified atom stereocenters. The summed E-state index contributed by atoms with van der Waals surface area (Å²) in [6, 6.07) is 4.46. The van der Waals surface area contributed by atoms with Gasteiger partial charge in [-0.05, 0) is 55.4 Å². The van der Waals surface area contributed by atoms with Crippen LogP contribution in [0.2, 0.25) is 0 Å². The molecular weight excluding hydrogens is 344 g/mol. The van der Waals surface area contributed by atoms with Gasteiger partial charge in [0.05, 0.1) is 24.6 Å². The van der Waals surface area contributed by atoms with Gasteiger partial charge in [-0.25, -0.2) is 9.97 Å². The SMILES string of the molecule is c1cc(C[C@@H]2COC[C@@H]2Nc2ncnc3sc4c(c23)CCCC4)ccn1. The quantitative estimate of drug-likeness (QED) is 0.764. The molecule has 1 fully saturated rings. The van der Waals surface area contributed by atoms with E-state index in [2.05, 4.69) is 32.4 Å². The molecule has 2 atom stereocenters. The second kappa shape index (κ2) is 6.93. The van der Waals surface area contributed by atoms with Gasteiger partial charge in [-0.15, -0.1) is 11.3 Å². The summed E-state index contributed by atoms with van der Waals surface area (Å²) in [5, 5.41) is 4.96. The zero-order valence-corrected chi connectivity index (χ0v) is 15.5. The van der Waals surface area contributed by atoms with Gasteiger partial charge in [-0.1, -0.05) is 0 Å². The van der Waals surface area contributed by atoms with E-state index in [0.717, 1.165) is 36.7 Å². The normalized spacial score (nSPS) is 22.5. The number of rotatable bonds is 4. The summed E-state index contributed by atoms with van der Waals surface area (Å²) in [4.78, 5) is 15.9. The smallest absolute Gasteiger partial charge is 0.138 e. The Morgan fingerprint density at radius 3 is 2.92 bits per heavy atom. The Morgan fingerprint density at radius 2 is 2.00 bits per heavy atom. The number of nitrogens with zero attached hydrogens (tertiary/aromatic N) is 3. The van der Waals surface area contributed by atoms with Crippen LogP contribution in [0.15, 0.2) is 30.9 Å². The van der Waals surface area contributed by atoms with Gasteiger partial charge in [-0.2, -0.15) is 0 Å². The third-order valence-electron chi connectivity index (χ3n) is 5.52. The number of hydrogen-bond acceptors (Lipinski definition) is 6. The van der Waals surface area contributed by atoms with Crippen molar-refractivity contribution in [1.82, 2.24) is 15.0 Å². The van der Waals surface area contributed by atoms with Gasteiger partial charge in [0.15, 0.2) is 0 Å². The minimum Gasteiger partial charge on any atom is -0.379 e. The van der Waals surface area contributed by atoms with Crippen LogP contribution >= 0.6 is 11.3 Å². The van der Waals surface area contributed by atoms with E-state index in [9.17, 15) is 0 Å². The molecule has 0 amide bonds. The monoisotopic (exact) mass is 366 g/mol. The van der Waals surface area contributed by atoms with Crippen LogP contribution in [0, 0.1) is 5.92 Å². The van der Waals surface area contributed by atoms with Gasteiger partial charge < -0.3 is 10.1 Å². The van der Waals surface area contributed by atoms with Crippen LogP contribution in [0.5, 0.6) is 0 Å². The van der Waals surface area contributed by atoms with Crippen molar-refractivity contribution >= 4 is 27.4 Å². The largest absolute Gasteiger partial charge is 0.379 e. The van der Waals surface area contributed by atoms with Crippen LogP contribution in [0.4, 0.5) is 5.82 Å². The zero-order chi connectivity index (χ0) is 17.3. The van der Waals surface area contributed by atoms with Crippen molar-refractivity contribution in [3.63, 3.8) is 0 Å². The first-order valence-corrected chi connectivity index (χ1v) is 10.2. The van der Waals surface area contributed by atoms with Crippen molar-refractivity contribution in [2.75, 3.05) is 18.5 Å². The fourth-order valence-electron chi connectivity index (χ4n) is 4.16. The van der Waals surface area contributed by atoms with E-state index in [1.54, 1.807) is 6.33 Å². The fraction of sp³-hybridized carbons (Fsp3) is 0.450. The predicted molar refractivity (Wildman–Crippen MR) is 104 cm³/mol. The highest BCUT2D eigenvalue weighted by Crippen LogP contribution is 2.38. The van der Waals surface area contributed by atoms with Crippen molar-refractivity contribution in [3.8, 4) is 0 Å². The maximum atomic E-state index is 5.80. The molecule has 1 aliphatic carbocycles. The molecule has 0 aromatic carbocycles. The van der Waals surface area contributed by atoms with Crippen molar-refractivity contribution < 1.29 is 4.74 Å². The molecule has 0 radical (unpaired) electrons. The van der Waals surface area contributed by atoms with Gasteiger partial charge in [0.1, 0.15) is 17.0 Å². The minimum atomic E-state index is 0.278. The third kappa shape index (κ3) is 2.97. The summed E-state index contributed by atoms with van der Waals surface area (Å²) in [7, 11) is 0. The van der Waals surface area contributed by atoms with E-state index in [1.165, 1.54) is 40.7 Å². The van der Waals surface area contributed by atoms with E-state index < -0.39 is 0 Å². The Bertz CT molecular complexity index is 911. The molecule has 3 aromatic heterocycles. The number of hydrogen-bond donors (Lipinski definition) is 1. The molecule has 3 aromatic rings. The van der Waals surface area contributed by atoms with Crippen LogP contribution in [-0.2, 0) is 24.0 Å². The van der Waals surface area contributed by atoms with Gasteiger partial charge in [-0.3, -0.25) is 4.98 Å². The number of aryl methyl sites for hydroxylation is 2. The lowest BCUT2D eigenvalue weighted by Gasteiger charge is -2.20. The summed E-state index contributed by atoms with van der Waals surface area (Å²) in [5.74, 6) is 1.43. The summed E-state index contributed by atoms with van der Waals surface area (Å²) >= 11 is 1.85. The highest BCUT2D eigenvalue weighted by Gasteiger charge is 2.30. The Morgan fingerprint density at radius 1 is 1.12 bits per heavy atom. The van der Waals surface area contributed by atoms with E-state index in [1.807, 2.05) is 23.7 Å². The number of anilines is 1. The maximum absolute atomic E-state index is 5.80. The molecule has 0 saturated carbocycles. The minimum absolute atomic E-state index is 0.278. The molecule has 1 saturated heterocycles. The van der Waals surface area contributed by atoms with E-state index >= 15 is 0 Å². The Labute approximate surface area is 156 Å². The standard InChI is InChI=1S/C20H22N4OS/c1-2-4-17-15(3-1)18-19(22-12-23-20(18)26-17)24-16-11-25-10-14(16)9-13-5-7-21-8-6-13/h5-8,12,14,16H,1-4,9-11H2,(H,22,23,24)/t14-,16+/m1/s1. The summed E-state index contributed by atoms with van der Waals surface area (Å²) < 4.78 is 5.80. The lowest BCUT2D eigenvalue weighted by molar-refractivity contribution is 0.185. The number of thiophene rings is 1. The summed E-state index contributed by atoms with van der Waals surface area (Å²) in [5.41, 5.74) is 2.78.